The van der Waals surface area contributed by atoms with Crippen molar-refractivity contribution in [3.05, 3.63) is 4.91 Å². The predicted molar refractivity (Wildman–Crippen MR) is 93.0 cm³/mol. The van der Waals surface area contributed by atoms with Crippen LogP contribution < -0.4 is 0 Å². The molecule has 0 aromatic rings. The Hall–Kier alpha value is -0.480. The van der Waals surface area contributed by atoms with E-state index in [0.717, 1.165) is 12.8 Å². The van der Waals surface area contributed by atoms with Gasteiger partial charge in [-0.05, 0) is 19.3 Å². The number of aliphatic hydroxyl groups is 2. The van der Waals surface area contributed by atoms with E-state index in [1.807, 2.05) is 0 Å². The second-order valence-electron chi connectivity index (χ2n) is 6.55. The molecule has 0 amide bonds. The van der Waals surface area contributed by atoms with Gasteiger partial charge in [0.15, 0.2) is 0 Å². The summed E-state index contributed by atoms with van der Waals surface area (Å²) in [5.41, 5.74) is -0.747. The quantitative estimate of drug-likeness (QED) is 0.294. The fourth-order valence-corrected chi connectivity index (χ4v) is 3.05. The highest BCUT2D eigenvalue weighted by Gasteiger charge is 2.29. The molecule has 0 unspecified atom stereocenters. The predicted octanol–water partition coefficient (Wildman–Crippen LogP) is 4.96. The van der Waals surface area contributed by atoms with Crippen LogP contribution in [-0.2, 0) is 0 Å². The molecule has 2 N–H and O–H groups in total. The second kappa shape index (κ2) is 15.4. The summed E-state index contributed by atoms with van der Waals surface area (Å²) in [4.78, 5) is 11.0. The van der Waals surface area contributed by atoms with Crippen LogP contribution in [0.1, 0.15) is 96.8 Å². The first-order valence-corrected chi connectivity index (χ1v) is 9.31. The Morgan fingerprint density at radius 2 is 1.09 bits per heavy atom. The first-order chi connectivity index (χ1) is 10.7. The first-order valence-electron chi connectivity index (χ1n) is 9.31. The zero-order valence-electron chi connectivity index (χ0n) is 14.6. The molecule has 0 aliphatic carbocycles. The van der Waals surface area contributed by atoms with E-state index in [0.29, 0.717) is 19.3 Å². The third kappa shape index (κ3) is 11.1. The molecule has 0 aromatic carbocycles. The Morgan fingerprint density at radius 1 is 0.682 bits per heavy atom. The molecule has 22 heavy (non-hydrogen) atoms. The van der Waals surface area contributed by atoms with Gasteiger partial charge in [0.05, 0.1) is 0 Å². The molecule has 0 fully saturated rings. The molecule has 4 heteroatoms. The van der Waals surface area contributed by atoms with Crippen LogP contribution in [-0.4, -0.2) is 29.0 Å². The lowest BCUT2D eigenvalue weighted by molar-refractivity contribution is 0.183. The van der Waals surface area contributed by atoms with Crippen LogP contribution in [0.4, 0.5) is 0 Å². The number of nitrogens with zero attached hydrogens (tertiary/aromatic N) is 1. The van der Waals surface area contributed by atoms with Crippen molar-refractivity contribution in [2.24, 2.45) is 5.18 Å². The van der Waals surface area contributed by atoms with Crippen LogP contribution in [0.15, 0.2) is 5.18 Å². The molecule has 0 radical (unpaired) electrons. The molecular weight excluding hydrogens is 278 g/mol. The van der Waals surface area contributed by atoms with Crippen molar-refractivity contribution >= 4 is 0 Å². The van der Waals surface area contributed by atoms with Crippen LogP contribution >= 0.6 is 0 Å². The van der Waals surface area contributed by atoms with E-state index in [9.17, 15) is 4.91 Å². The fourth-order valence-electron chi connectivity index (χ4n) is 3.05. The number of rotatable bonds is 17. The molecule has 0 aliphatic heterocycles. The molecule has 0 atom stereocenters. The average Bonchev–Trinajstić information content (AvgIpc) is 2.53. The monoisotopic (exact) mass is 315 g/mol. The zero-order valence-corrected chi connectivity index (χ0v) is 14.6. The smallest absolute Gasteiger partial charge is 0.107 e. The highest BCUT2D eigenvalue weighted by Crippen LogP contribution is 2.27. The number of hydrogen-bond donors (Lipinski definition) is 2. The summed E-state index contributed by atoms with van der Waals surface area (Å²) >= 11 is 0. The minimum absolute atomic E-state index is 0.0379. The largest absolute Gasteiger partial charge is 0.396 e. The van der Waals surface area contributed by atoms with Crippen LogP contribution in [0.5, 0.6) is 0 Å². The Kier molecular flexibility index (Phi) is 15.1. The summed E-state index contributed by atoms with van der Waals surface area (Å²) in [6, 6.07) is 0. The summed E-state index contributed by atoms with van der Waals surface area (Å²) in [5, 5.41) is 21.3. The number of aliphatic hydroxyl groups excluding tert-OH is 2. The molecule has 0 rings (SSSR count). The highest BCUT2D eigenvalue weighted by molar-refractivity contribution is 4.87. The van der Waals surface area contributed by atoms with Gasteiger partial charge in [-0.25, -0.2) is 0 Å². The number of nitroso groups, excluding NO2 is 1. The summed E-state index contributed by atoms with van der Waals surface area (Å²) in [5.74, 6) is 0. The second-order valence-corrected chi connectivity index (χ2v) is 6.55. The van der Waals surface area contributed by atoms with Gasteiger partial charge in [-0.15, -0.1) is 0 Å². The minimum atomic E-state index is -0.747. The topological polar surface area (TPSA) is 69.9 Å². The summed E-state index contributed by atoms with van der Waals surface area (Å²) in [6.07, 6.45) is 15.5. The van der Waals surface area contributed by atoms with Gasteiger partial charge in [0.2, 0.25) is 0 Å². The van der Waals surface area contributed by atoms with Crippen molar-refractivity contribution in [1.29, 1.82) is 0 Å². The molecule has 0 aromatic heterocycles. The lowest BCUT2D eigenvalue weighted by Crippen LogP contribution is -2.28. The SMILES string of the molecule is CCCCCCCCCCCCCC(CCO)(CCO)N=O. The van der Waals surface area contributed by atoms with Crippen LogP contribution in [0.25, 0.3) is 0 Å². The van der Waals surface area contributed by atoms with Gasteiger partial charge < -0.3 is 10.2 Å². The van der Waals surface area contributed by atoms with Gasteiger partial charge in [0, 0.05) is 13.2 Å². The van der Waals surface area contributed by atoms with E-state index >= 15 is 0 Å². The third-order valence-corrected chi connectivity index (χ3v) is 4.59. The van der Waals surface area contributed by atoms with Gasteiger partial charge in [-0.3, -0.25) is 0 Å². The maximum atomic E-state index is 11.0. The van der Waals surface area contributed by atoms with E-state index in [1.165, 1.54) is 57.8 Å². The molecule has 0 heterocycles. The van der Waals surface area contributed by atoms with Crippen molar-refractivity contribution in [1.82, 2.24) is 0 Å². The van der Waals surface area contributed by atoms with E-state index < -0.39 is 5.54 Å². The minimum Gasteiger partial charge on any atom is -0.396 e. The fraction of sp³-hybridized carbons (Fsp3) is 1.00. The maximum Gasteiger partial charge on any atom is 0.107 e. The van der Waals surface area contributed by atoms with Crippen molar-refractivity contribution in [2.45, 2.75) is 102 Å². The zero-order chi connectivity index (χ0) is 16.5. The maximum absolute atomic E-state index is 11.0. The molecule has 0 bridgehead atoms. The third-order valence-electron chi connectivity index (χ3n) is 4.59. The van der Waals surface area contributed by atoms with Crippen molar-refractivity contribution in [3.8, 4) is 0 Å². The van der Waals surface area contributed by atoms with E-state index in [2.05, 4.69) is 12.1 Å². The molecule has 0 saturated carbocycles. The molecule has 0 saturated heterocycles. The Labute approximate surface area is 136 Å². The Bertz CT molecular complexity index is 240. The molecular formula is C18H37NO3. The molecule has 0 aliphatic rings. The Balaban J connectivity index is 3.55. The van der Waals surface area contributed by atoms with Gasteiger partial charge in [-0.1, -0.05) is 82.7 Å². The van der Waals surface area contributed by atoms with E-state index in [-0.39, 0.29) is 13.2 Å². The van der Waals surface area contributed by atoms with Gasteiger partial charge in [0.1, 0.15) is 5.54 Å². The molecule has 0 spiro atoms. The lowest BCUT2D eigenvalue weighted by Gasteiger charge is -2.24. The first kappa shape index (κ1) is 21.5. The molecule has 4 nitrogen and oxygen atoms in total. The molecule has 132 valence electrons. The Morgan fingerprint density at radius 3 is 1.45 bits per heavy atom. The lowest BCUT2D eigenvalue weighted by atomic mass is 9.87. The van der Waals surface area contributed by atoms with E-state index in [1.54, 1.807) is 0 Å². The summed E-state index contributed by atoms with van der Waals surface area (Å²) in [6.45, 7) is 2.17. The van der Waals surface area contributed by atoms with Gasteiger partial charge in [0.25, 0.3) is 0 Å². The van der Waals surface area contributed by atoms with Crippen molar-refractivity contribution in [2.75, 3.05) is 13.2 Å². The summed E-state index contributed by atoms with van der Waals surface area (Å²) in [7, 11) is 0. The standard InChI is InChI=1S/C18H37NO3/c1-2-3-4-5-6-7-8-9-10-11-12-13-18(19-22,14-16-20)15-17-21/h20-21H,2-17H2,1H3. The van der Waals surface area contributed by atoms with Crippen LogP contribution in [0, 0.1) is 4.91 Å². The van der Waals surface area contributed by atoms with Crippen molar-refractivity contribution < 1.29 is 10.2 Å². The average molecular weight is 315 g/mol. The van der Waals surface area contributed by atoms with Crippen molar-refractivity contribution in [3.63, 3.8) is 0 Å². The van der Waals surface area contributed by atoms with Gasteiger partial charge in [-0.2, -0.15) is 4.91 Å². The van der Waals surface area contributed by atoms with E-state index in [4.69, 9.17) is 10.2 Å². The number of unbranched alkanes of at least 4 members (excludes halogenated alkanes) is 10. The van der Waals surface area contributed by atoms with Crippen LogP contribution in [0.2, 0.25) is 0 Å². The van der Waals surface area contributed by atoms with Gasteiger partial charge >= 0.3 is 0 Å². The normalized spacial score (nSPS) is 11.8. The van der Waals surface area contributed by atoms with Crippen LogP contribution in [0.3, 0.4) is 0 Å². The highest BCUT2D eigenvalue weighted by atomic mass is 16.3. The number of hydrogen-bond acceptors (Lipinski definition) is 4. The summed E-state index contributed by atoms with van der Waals surface area (Å²) < 4.78 is 0.